The van der Waals surface area contributed by atoms with E-state index < -0.39 is 17.2 Å². The van der Waals surface area contributed by atoms with Gasteiger partial charge in [-0.1, -0.05) is 128 Å². The second-order valence-corrected chi connectivity index (χ2v) is 19.9. The number of carbonyl (C=O) groups is 1. The van der Waals surface area contributed by atoms with Crippen molar-refractivity contribution in [1.29, 1.82) is 0 Å². The first kappa shape index (κ1) is 45.7. The highest BCUT2D eigenvalue weighted by Gasteiger charge is 2.35. The van der Waals surface area contributed by atoms with Crippen LogP contribution in [0.5, 0.6) is 34.5 Å². The maximum Gasteiger partial charge on any atom is 0.530 e. The summed E-state index contributed by atoms with van der Waals surface area (Å²) in [7, 11) is -4.24. The van der Waals surface area contributed by atoms with Crippen LogP contribution in [-0.4, -0.2) is 5.78 Å². The average Bonchev–Trinajstić information content (AvgIpc) is 3.20. The first-order chi connectivity index (χ1) is 30.1. The fourth-order valence-corrected chi connectivity index (χ4v) is 9.95. The van der Waals surface area contributed by atoms with Gasteiger partial charge in [0.2, 0.25) is 5.78 Å². The van der Waals surface area contributed by atoms with Gasteiger partial charge < -0.3 is 27.1 Å². The predicted molar refractivity (Wildman–Crippen MR) is 258 cm³/mol. The van der Waals surface area contributed by atoms with Gasteiger partial charge in [-0.2, -0.15) is 0 Å². The zero-order valence-corrected chi connectivity index (χ0v) is 40.4. The number of rotatable bonds is 16. The van der Waals surface area contributed by atoms with Gasteiger partial charge in [0.05, 0.1) is 11.1 Å². The molecule has 6 aromatic rings. The molecule has 0 unspecified atom stereocenters. The minimum Gasteiger partial charge on any atom is -0.408 e. The van der Waals surface area contributed by atoms with E-state index in [0.29, 0.717) is 52.0 Å². The molecule has 7 rings (SSSR count). The van der Waals surface area contributed by atoms with Crippen LogP contribution in [0.1, 0.15) is 151 Å². The zero-order valence-electron chi connectivity index (χ0n) is 38.7. The van der Waals surface area contributed by atoms with Gasteiger partial charge in [0.1, 0.15) is 34.5 Å². The SMILES string of the molecule is Cc1ccc(C(C)C)c(OP(Oc2cc(C)ccc2C(C)C)Oc2cccc3c2C(=O)c2c(cccc2OP(Oc2cc(C)ccc2C(C)C)Oc2cc(C)ccc2C(C)C)C3)c1. The van der Waals surface area contributed by atoms with Crippen LogP contribution in [-0.2, 0) is 6.42 Å². The highest BCUT2D eigenvalue weighted by molar-refractivity contribution is 7.43. The Labute approximate surface area is 377 Å². The van der Waals surface area contributed by atoms with E-state index in [9.17, 15) is 0 Å². The summed E-state index contributed by atoms with van der Waals surface area (Å²) in [6, 6.07) is 36.2. The molecule has 63 heavy (non-hydrogen) atoms. The van der Waals surface area contributed by atoms with Crippen LogP contribution in [0.3, 0.4) is 0 Å². The van der Waals surface area contributed by atoms with Gasteiger partial charge in [0.15, 0.2) is 0 Å². The van der Waals surface area contributed by atoms with E-state index in [1.54, 1.807) is 0 Å². The third-order valence-corrected chi connectivity index (χ3v) is 13.3. The van der Waals surface area contributed by atoms with Gasteiger partial charge in [0.25, 0.3) is 0 Å². The van der Waals surface area contributed by atoms with E-state index in [1.165, 1.54) is 0 Å². The highest BCUT2D eigenvalue weighted by Crippen LogP contribution is 2.51. The number of carbonyl (C=O) groups excluding carboxylic acids is 1. The normalized spacial score (nSPS) is 12.3. The third kappa shape index (κ3) is 10.5. The van der Waals surface area contributed by atoms with Gasteiger partial charge in [-0.25, -0.2) is 0 Å². The largest absolute Gasteiger partial charge is 0.530 e. The molecule has 0 N–H and O–H groups in total. The van der Waals surface area contributed by atoms with Crippen molar-refractivity contribution < 1.29 is 31.9 Å². The number of ketones is 1. The maximum absolute atomic E-state index is 15.2. The minimum atomic E-state index is -2.12. The number of benzene rings is 6. The van der Waals surface area contributed by atoms with Crippen LogP contribution >= 0.6 is 17.2 Å². The van der Waals surface area contributed by atoms with Crippen molar-refractivity contribution in [2.75, 3.05) is 0 Å². The zero-order chi connectivity index (χ0) is 45.1. The quantitative estimate of drug-likeness (QED) is 0.0895. The van der Waals surface area contributed by atoms with E-state index in [1.807, 2.05) is 88.4 Å². The first-order valence-electron chi connectivity index (χ1n) is 21.9. The van der Waals surface area contributed by atoms with Crippen LogP contribution in [0, 0.1) is 27.7 Å². The number of aryl methyl sites for hydroxylation is 4. The van der Waals surface area contributed by atoms with Crippen molar-refractivity contribution in [2.45, 2.75) is 113 Å². The lowest BCUT2D eigenvalue weighted by molar-refractivity contribution is 0.103. The fraction of sp³-hybridized carbons (Fsp3) is 0.315. The van der Waals surface area contributed by atoms with Crippen LogP contribution in [0.25, 0.3) is 0 Å². The van der Waals surface area contributed by atoms with Gasteiger partial charge >= 0.3 is 17.2 Å². The summed E-state index contributed by atoms with van der Waals surface area (Å²) in [4.78, 5) is 15.2. The molecule has 0 saturated carbocycles. The second-order valence-electron chi connectivity index (χ2n) is 17.9. The van der Waals surface area contributed by atoms with E-state index in [0.717, 1.165) is 55.6 Å². The average molecular weight is 883 g/mol. The molecule has 1 aliphatic carbocycles. The van der Waals surface area contributed by atoms with Crippen LogP contribution < -0.4 is 27.1 Å². The maximum atomic E-state index is 15.2. The molecule has 6 aromatic carbocycles. The van der Waals surface area contributed by atoms with Gasteiger partial charge in [-0.3, -0.25) is 4.79 Å². The molecule has 0 amide bonds. The molecule has 0 atom stereocenters. The van der Waals surface area contributed by atoms with Crippen LogP contribution in [0.15, 0.2) is 109 Å². The predicted octanol–water partition coefficient (Wildman–Crippen LogP) is 16.1. The van der Waals surface area contributed by atoms with Crippen molar-refractivity contribution in [3.8, 4) is 34.5 Å². The van der Waals surface area contributed by atoms with Crippen LogP contribution in [0.2, 0.25) is 0 Å². The molecule has 328 valence electrons. The Hall–Kier alpha value is -5.35. The molecule has 1 aliphatic rings. The smallest absolute Gasteiger partial charge is 0.408 e. The summed E-state index contributed by atoms with van der Waals surface area (Å²) in [5.74, 6) is 4.01. The number of hydrogen-bond acceptors (Lipinski definition) is 7. The Morgan fingerprint density at radius 2 is 0.651 bits per heavy atom. The lowest BCUT2D eigenvalue weighted by Crippen LogP contribution is -2.18. The topological polar surface area (TPSA) is 72.5 Å². The molecule has 0 saturated heterocycles. The second kappa shape index (κ2) is 19.6. The van der Waals surface area contributed by atoms with Gasteiger partial charge in [-0.05, 0) is 150 Å². The monoisotopic (exact) mass is 882 g/mol. The summed E-state index contributed by atoms with van der Waals surface area (Å²) in [6.45, 7) is 25.3. The standard InChI is InChI=1S/C54H60O7P2/c1-32(2)42-23-19-36(9)27-48(42)58-62(59-49-28-37(10)20-24-43(49)33(3)4)56-46-17-13-15-40-31-41-16-14-18-47(53(41)54(55)52(40)46)57-63(60-50-29-38(11)21-25-44(50)34(5)6)61-51-30-39(12)22-26-45(51)35(7)8/h13-30,32-35H,31H2,1-12H3. The lowest BCUT2D eigenvalue weighted by atomic mass is 9.84. The minimum absolute atomic E-state index is 0.188. The Morgan fingerprint density at radius 1 is 0.381 bits per heavy atom. The highest BCUT2D eigenvalue weighted by atomic mass is 31.2. The summed E-state index contributed by atoms with van der Waals surface area (Å²) in [6.07, 6.45) is 0.486. The van der Waals surface area contributed by atoms with Crippen LogP contribution in [0.4, 0.5) is 0 Å². The summed E-state index contributed by atoms with van der Waals surface area (Å²) >= 11 is 0. The molecular weight excluding hydrogens is 823 g/mol. The van der Waals surface area contributed by atoms with E-state index in [4.69, 9.17) is 27.1 Å². The Bertz CT molecular complexity index is 2320. The van der Waals surface area contributed by atoms with Crippen molar-refractivity contribution in [3.63, 3.8) is 0 Å². The summed E-state index contributed by atoms with van der Waals surface area (Å²) < 4.78 is 40.8. The number of fused-ring (bicyclic) bond motifs is 2. The molecule has 7 nitrogen and oxygen atoms in total. The molecule has 9 heteroatoms. The van der Waals surface area contributed by atoms with E-state index in [-0.39, 0.29) is 29.5 Å². The molecule has 0 aromatic heterocycles. The Balaban J connectivity index is 1.28. The van der Waals surface area contributed by atoms with E-state index in [2.05, 4.69) is 104 Å². The lowest BCUT2D eigenvalue weighted by Gasteiger charge is -2.27. The molecule has 0 heterocycles. The molecule has 0 aliphatic heterocycles. The van der Waals surface area contributed by atoms with Crippen molar-refractivity contribution in [2.24, 2.45) is 0 Å². The molecule has 0 bridgehead atoms. The summed E-state index contributed by atoms with van der Waals surface area (Å²) in [5.41, 5.74) is 10.9. The third-order valence-electron chi connectivity index (χ3n) is 11.3. The molecule has 0 fully saturated rings. The molecule has 0 radical (unpaired) electrons. The van der Waals surface area contributed by atoms with Crippen molar-refractivity contribution in [3.05, 3.63) is 176 Å². The fourth-order valence-electron chi connectivity index (χ4n) is 7.83. The first-order valence-corrected chi connectivity index (χ1v) is 24.1. The summed E-state index contributed by atoms with van der Waals surface area (Å²) in [5, 5.41) is 0. The van der Waals surface area contributed by atoms with Gasteiger partial charge in [-0.15, -0.1) is 0 Å². The van der Waals surface area contributed by atoms with Crippen molar-refractivity contribution >= 4 is 23.0 Å². The molecular formula is C54H60O7P2. The molecule has 0 spiro atoms. The Morgan fingerprint density at radius 3 is 0.921 bits per heavy atom. The Kier molecular flexibility index (Phi) is 14.2. The van der Waals surface area contributed by atoms with Gasteiger partial charge in [0, 0.05) is 0 Å². The van der Waals surface area contributed by atoms with E-state index >= 15 is 4.79 Å². The number of hydrogen-bond donors (Lipinski definition) is 0. The van der Waals surface area contributed by atoms with Crippen molar-refractivity contribution in [1.82, 2.24) is 0 Å².